The molecule has 1 aromatic rings. The third-order valence-electron chi connectivity index (χ3n) is 3.71. The molecule has 2 heterocycles. The van der Waals surface area contributed by atoms with Gasteiger partial charge in [0.1, 0.15) is 30.2 Å². The molecule has 0 radical (unpaired) electrons. The lowest BCUT2D eigenvalue weighted by molar-refractivity contribution is -0.0543. The topological polar surface area (TPSA) is 253 Å². The highest BCUT2D eigenvalue weighted by Gasteiger charge is 2.46. The molecule has 0 bridgehead atoms. The van der Waals surface area contributed by atoms with Gasteiger partial charge in [-0.05, 0) is 6.07 Å². The van der Waals surface area contributed by atoms with Crippen molar-refractivity contribution in [1.29, 1.82) is 0 Å². The van der Waals surface area contributed by atoms with E-state index in [4.69, 9.17) is 20.7 Å². The van der Waals surface area contributed by atoms with Crippen LogP contribution in [0.2, 0.25) is 0 Å². The van der Waals surface area contributed by atoms with Crippen molar-refractivity contribution in [2.45, 2.75) is 30.6 Å². The summed E-state index contributed by atoms with van der Waals surface area (Å²) >= 11 is 0. The Morgan fingerprint density at radius 1 is 1.23 bits per heavy atom. The number of anilines is 1. The van der Waals surface area contributed by atoms with Crippen LogP contribution in [0.25, 0.3) is 0 Å². The molecule has 7 atom stereocenters. The maximum Gasteiger partial charge on any atom is 0.481 e. The molecule has 1 aliphatic rings. The van der Waals surface area contributed by atoms with Crippen molar-refractivity contribution in [2.75, 3.05) is 25.6 Å². The van der Waals surface area contributed by atoms with Crippen LogP contribution in [0.3, 0.4) is 0 Å². The summed E-state index contributed by atoms with van der Waals surface area (Å²) in [5.41, 5.74) is 4.46. The van der Waals surface area contributed by atoms with Crippen LogP contribution >= 0.6 is 15.6 Å². The van der Waals surface area contributed by atoms with Crippen molar-refractivity contribution in [3.63, 3.8) is 0 Å². The third-order valence-corrected chi connectivity index (χ3v) is 6.31. The van der Waals surface area contributed by atoms with Gasteiger partial charge in [-0.25, -0.2) is 13.9 Å². The fourth-order valence-electron chi connectivity index (χ4n) is 2.29. The smallest absolute Gasteiger partial charge is 0.394 e. The molecule has 1 aromatic heterocycles. The minimum atomic E-state index is -5.24. The van der Waals surface area contributed by atoms with Crippen LogP contribution in [0, 0.1) is 0 Å². The molecule has 0 saturated carbocycles. The average Bonchev–Trinajstić information content (AvgIpc) is 2.92. The fraction of sp³-hybridized carbons (Fsp3) is 0.667. The van der Waals surface area contributed by atoms with E-state index in [-0.39, 0.29) is 5.82 Å². The van der Waals surface area contributed by atoms with Gasteiger partial charge in [0.15, 0.2) is 6.23 Å². The zero-order valence-corrected chi connectivity index (χ0v) is 16.9. The van der Waals surface area contributed by atoms with Crippen LogP contribution in [0.4, 0.5) is 5.82 Å². The number of rotatable bonds is 10. The Hall–Kier alpha value is -1.26. The van der Waals surface area contributed by atoms with E-state index in [0.29, 0.717) is 0 Å². The summed E-state index contributed by atoms with van der Waals surface area (Å²) in [6.45, 7) is -2.59. The van der Waals surface area contributed by atoms with E-state index >= 15 is 0 Å². The van der Waals surface area contributed by atoms with E-state index in [0.717, 1.165) is 10.8 Å². The van der Waals surface area contributed by atoms with Crippen LogP contribution in [0.5, 0.6) is 0 Å². The Labute approximate surface area is 168 Å². The maximum atomic E-state index is 11.8. The number of ether oxygens (including phenoxy) is 1. The van der Waals surface area contributed by atoms with E-state index in [1.54, 1.807) is 0 Å². The summed E-state index contributed by atoms with van der Waals surface area (Å²) in [5.74, 6) is -0.0929. The van der Waals surface area contributed by atoms with E-state index in [2.05, 4.69) is 18.3 Å². The minimum absolute atomic E-state index is 0.0929. The number of hydrogen-bond acceptors (Lipinski definition) is 13. The van der Waals surface area contributed by atoms with Crippen molar-refractivity contribution in [2.24, 2.45) is 0 Å². The Morgan fingerprint density at radius 2 is 1.87 bits per heavy atom. The SMILES string of the molecule is Nc1ccn([C@@H]2O[C@H](COP(=O)(O)OP(=O)(O)OC[C@@H](O)CO)[C@@H](O)[C@H]2O)c(=O)n1. The number of hydrogen-bond donors (Lipinski definition) is 7. The van der Waals surface area contributed by atoms with Gasteiger partial charge in [-0.15, -0.1) is 0 Å². The molecule has 1 fully saturated rings. The molecule has 0 amide bonds. The molecule has 0 aliphatic carbocycles. The second kappa shape index (κ2) is 9.91. The number of nitrogens with zero attached hydrogens (tertiary/aromatic N) is 2. The molecule has 172 valence electrons. The second-order valence-corrected chi connectivity index (χ2v) is 9.08. The highest BCUT2D eigenvalue weighted by atomic mass is 31.3. The van der Waals surface area contributed by atoms with Gasteiger partial charge in [-0.2, -0.15) is 9.29 Å². The first-order valence-electron chi connectivity index (χ1n) is 8.16. The number of aliphatic hydroxyl groups excluding tert-OH is 4. The molecular weight excluding hydrogens is 456 g/mol. The number of phosphoric ester groups is 2. The van der Waals surface area contributed by atoms with Crippen LogP contribution < -0.4 is 11.4 Å². The zero-order chi connectivity index (χ0) is 22.7. The molecular formula is C12H21N3O13P2. The molecule has 1 saturated heterocycles. The van der Waals surface area contributed by atoms with Crippen LogP contribution in [0.15, 0.2) is 17.1 Å². The van der Waals surface area contributed by atoms with Crippen molar-refractivity contribution in [1.82, 2.24) is 9.55 Å². The average molecular weight is 477 g/mol. The second-order valence-electron chi connectivity index (χ2n) is 6.04. The van der Waals surface area contributed by atoms with E-state index < -0.39 is 71.8 Å². The first kappa shape index (κ1) is 25.0. The number of aliphatic hydroxyl groups is 4. The standard InChI is InChI=1S/C12H21N3O13P2/c13-8-1-2-15(12(20)14-8)11-10(19)9(18)7(27-11)5-26-30(23,24)28-29(21,22)25-4-6(17)3-16/h1-2,6-7,9-11,16-19H,3-5H2,(H,21,22)(H,23,24)(H2,13,14,20)/t6-,7+,9+,10+,11+/m0/s1. The van der Waals surface area contributed by atoms with Gasteiger partial charge >= 0.3 is 21.3 Å². The van der Waals surface area contributed by atoms with Crippen molar-refractivity contribution >= 4 is 21.5 Å². The first-order chi connectivity index (χ1) is 13.8. The lowest BCUT2D eigenvalue weighted by Crippen LogP contribution is -2.36. The van der Waals surface area contributed by atoms with Gasteiger partial charge in [0.05, 0.1) is 19.8 Å². The van der Waals surface area contributed by atoms with Crippen molar-refractivity contribution < 1.29 is 57.4 Å². The number of nitrogen functional groups attached to an aromatic ring is 1. The van der Waals surface area contributed by atoms with Gasteiger partial charge in [-0.1, -0.05) is 0 Å². The summed E-state index contributed by atoms with van der Waals surface area (Å²) in [6, 6.07) is 1.23. The summed E-state index contributed by atoms with van der Waals surface area (Å²) < 4.78 is 42.2. The number of nitrogens with two attached hydrogens (primary N) is 1. The third kappa shape index (κ3) is 6.62. The predicted octanol–water partition coefficient (Wildman–Crippen LogP) is -2.95. The zero-order valence-electron chi connectivity index (χ0n) is 15.1. The number of aromatic nitrogens is 2. The van der Waals surface area contributed by atoms with Crippen molar-refractivity contribution in [3.8, 4) is 0 Å². The maximum absolute atomic E-state index is 11.8. The predicted molar refractivity (Wildman–Crippen MR) is 94.6 cm³/mol. The Kier molecular flexibility index (Phi) is 8.26. The monoisotopic (exact) mass is 477 g/mol. The first-order valence-corrected chi connectivity index (χ1v) is 11.2. The highest BCUT2D eigenvalue weighted by molar-refractivity contribution is 7.61. The molecule has 30 heavy (non-hydrogen) atoms. The van der Waals surface area contributed by atoms with Gasteiger partial charge in [-0.3, -0.25) is 13.6 Å². The lowest BCUT2D eigenvalue weighted by Gasteiger charge is -2.19. The van der Waals surface area contributed by atoms with E-state index in [1.165, 1.54) is 6.07 Å². The van der Waals surface area contributed by atoms with Gasteiger partial charge in [0, 0.05) is 6.20 Å². The summed E-state index contributed by atoms with van der Waals surface area (Å²) in [7, 11) is -10.4. The largest absolute Gasteiger partial charge is 0.481 e. The molecule has 2 unspecified atom stereocenters. The molecule has 16 nitrogen and oxygen atoms in total. The normalized spacial score (nSPS) is 29.3. The van der Waals surface area contributed by atoms with Gasteiger partial charge < -0.3 is 40.7 Å². The quantitative estimate of drug-likeness (QED) is 0.166. The molecule has 18 heteroatoms. The minimum Gasteiger partial charge on any atom is -0.394 e. The molecule has 2 rings (SSSR count). The van der Waals surface area contributed by atoms with E-state index in [1.807, 2.05) is 0 Å². The summed E-state index contributed by atoms with van der Waals surface area (Å²) in [5, 5.41) is 37.7. The molecule has 1 aliphatic heterocycles. The Balaban J connectivity index is 1.98. The summed E-state index contributed by atoms with van der Waals surface area (Å²) in [6.07, 6.45) is -6.62. The molecule has 0 aromatic carbocycles. The van der Waals surface area contributed by atoms with Gasteiger partial charge in [0.2, 0.25) is 0 Å². The number of phosphoric acid groups is 2. The van der Waals surface area contributed by atoms with Crippen LogP contribution in [-0.2, 0) is 27.2 Å². The fourth-order valence-corrected chi connectivity index (χ4v) is 4.41. The molecule has 8 N–H and O–H groups in total. The molecule has 0 spiro atoms. The van der Waals surface area contributed by atoms with E-state index in [9.17, 15) is 33.9 Å². The van der Waals surface area contributed by atoms with Gasteiger partial charge in [0.25, 0.3) is 0 Å². The Morgan fingerprint density at radius 3 is 2.47 bits per heavy atom. The highest BCUT2D eigenvalue weighted by Crippen LogP contribution is 2.60. The van der Waals surface area contributed by atoms with Crippen LogP contribution in [0.1, 0.15) is 6.23 Å². The summed E-state index contributed by atoms with van der Waals surface area (Å²) in [4.78, 5) is 34.2. The lowest BCUT2D eigenvalue weighted by atomic mass is 10.1. The van der Waals surface area contributed by atoms with Crippen molar-refractivity contribution in [3.05, 3.63) is 22.7 Å². The van der Waals surface area contributed by atoms with Crippen LogP contribution in [-0.4, -0.2) is 84.0 Å². The Bertz CT molecular complexity index is 881.